The van der Waals surface area contributed by atoms with Gasteiger partial charge in [0.2, 0.25) is 5.95 Å². The third-order valence-electron chi connectivity index (χ3n) is 5.43. The van der Waals surface area contributed by atoms with Crippen LogP contribution in [0.15, 0.2) is 42.7 Å². The SMILES string of the molecule is C=C(O)/C=C(\Nc1ccc(F)c(Cl)c1)c1cc(F)c(F)c2nc(NC3CCCN(C)C3)[nH]c12. The van der Waals surface area contributed by atoms with E-state index in [4.69, 9.17) is 11.6 Å². The highest BCUT2D eigenvalue weighted by molar-refractivity contribution is 6.31. The Labute approximate surface area is 193 Å². The summed E-state index contributed by atoms with van der Waals surface area (Å²) in [6.07, 6.45) is 3.18. The van der Waals surface area contributed by atoms with Gasteiger partial charge in [-0.15, -0.1) is 0 Å². The number of rotatable bonds is 6. The number of likely N-dealkylation sites (tertiary alicyclic amines) is 1. The van der Waals surface area contributed by atoms with E-state index in [-0.39, 0.29) is 39.1 Å². The fourth-order valence-electron chi connectivity index (χ4n) is 3.94. The van der Waals surface area contributed by atoms with Gasteiger partial charge in [0.25, 0.3) is 0 Å². The molecule has 0 spiro atoms. The number of aliphatic hydroxyl groups excluding tert-OH is 1. The quantitative estimate of drug-likeness (QED) is 0.272. The fraction of sp³-hybridized carbons (Fsp3) is 0.261. The van der Waals surface area contributed by atoms with Gasteiger partial charge in [0.1, 0.15) is 17.1 Å². The molecular weight excluding hydrogens is 455 g/mol. The molecule has 2 aromatic carbocycles. The summed E-state index contributed by atoms with van der Waals surface area (Å²) >= 11 is 5.86. The minimum absolute atomic E-state index is 0.104. The lowest BCUT2D eigenvalue weighted by Crippen LogP contribution is -2.39. The second-order valence-corrected chi connectivity index (χ2v) is 8.49. The number of aromatic amines is 1. The Kier molecular flexibility index (Phi) is 6.53. The summed E-state index contributed by atoms with van der Waals surface area (Å²) in [4.78, 5) is 9.45. The molecule has 0 amide bonds. The van der Waals surface area contributed by atoms with Crippen molar-refractivity contribution >= 4 is 40.0 Å². The molecule has 0 radical (unpaired) electrons. The van der Waals surface area contributed by atoms with Gasteiger partial charge in [0.05, 0.1) is 16.2 Å². The number of likely N-dealkylation sites (N-methyl/N-ethyl adjacent to an activating group) is 1. The van der Waals surface area contributed by atoms with E-state index < -0.39 is 17.5 Å². The maximum absolute atomic E-state index is 14.6. The number of aliphatic hydroxyl groups is 1. The number of anilines is 2. The standard InChI is InChI=1S/C23H23ClF3N5O/c1-12(33)8-19(28-13-5-6-17(25)16(24)9-13)15-10-18(26)20(27)22-21(15)30-23(31-22)29-14-4-3-7-32(2)11-14/h5-6,8-10,14,28,33H,1,3-4,7,11H2,2H3,(H2,29,30,31)/b19-8-. The second kappa shape index (κ2) is 9.36. The molecule has 4 N–H and O–H groups in total. The zero-order valence-electron chi connectivity index (χ0n) is 17.9. The minimum Gasteiger partial charge on any atom is -0.509 e. The topological polar surface area (TPSA) is 76.2 Å². The van der Waals surface area contributed by atoms with Crippen molar-refractivity contribution in [1.29, 1.82) is 0 Å². The van der Waals surface area contributed by atoms with Gasteiger partial charge in [-0.2, -0.15) is 0 Å². The van der Waals surface area contributed by atoms with E-state index in [1.807, 2.05) is 7.05 Å². The summed E-state index contributed by atoms with van der Waals surface area (Å²) in [5.41, 5.74) is 0.774. The lowest BCUT2D eigenvalue weighted by Gasteiger charge is -2.29. The number of nitrogens with one attached hydrogen (secondary N) is 3. The van der Waals surface area contributed by atoms with Crippen molar-refractivity contribution in [3.63, 3.8) is 0 Å². The third kappa shape index (κ3) is 5.09. The fourth-order valence-corrected chi connectivity index (χ4v) is 4.12. The van der Waals surface area contributed by atoms with Crippen molar-refractivity contribution in [3.8, 4) is 0 Å². The molecule has 6 nitrogen and oxygen atoms in total. The van der Waals surface area contributed by atoms with Crippen LogP contribution >= 0.6 is 11.6 Å². The highest BCUT2D eigenvalue weighted by Gasteiger charge is 2.22. The molecule has 0 saturated carbocycles. The van der Waals surface area contributed by atoms with E-state index in [0.29, 0.717) is 11.6 Å². The van der Waals surface area contributed by atoms with Crippen LogP contribution in [0.2, 0.25) is 5.02 Å². The van der Waals surface area contributed by atoms with Crippen molar-refractivity contribution in [2.45, 2.75) is 18.9 Å². The number of hydrogen-bond acceptors (Lipinski definition) is 5. The molecule has 1 fully saturated rings. The van der Waals surface area contributed by atoms with Crippen LogP contribution in [-0.2, 0) is 0 Å². The number of benzene rings is 2. The number of hydrogen-bond donors (Lipinski definition) is 4. The number of aromatic nitrogens is 2. The highest BCUT2D eigenvalue weighted by atomic mass is 35.5. The van der Waals surface area contributed by atoms with Crippen LogP contribution in [0.1, 0.15) is 18.4 Å². The van der Waals surface area contributed by atoms with Crippen molar-refractivity contribution in [2.24, 2.45) is 0 Å². The van der Waals surface area contributed by atoms with Gasteiger partial charge in [0.15, 0.2) is 11.6 Å². The van der Waals surface area contributed by atoms with Crippen LogP contribution in [0.4, 0.5) is 24.8 Å². The van der Waals surface area contributed by atoms with Gasteiger partial charge in [-0.1, -0.05) is 18.2 Å². The first-order valence-electron chi connectivity index (χ1n) is 10.4. The summed E-state index contributed by atoms with van der Waals surface area (Å²) < 4.78 is 42.7. The first-order valence-corrected chi connectivity index (χ1v) is 10.7. The van der Waals surface area contributed by atoms with E-state index in [2.05, 4.69) is 32.1 Å². The maximum Gasteiger partial charge on any atom is 0.201 e. The number of allylic oxidation sites excluding steroid dienone is 1. The number of piperidine rings is 1. The lowest BCUT2D eigenvalue weighted by atomic mass is 10.1. The second-order valence-electron chi connectivity index (χ2n) is 8.08. The van der Waals surface area contributed by atoms with Crippen molar-refractivity contribution < 1.29 is 18.3 Å². The molecule has 2 heterocycles. The predicted molar refractivity (Wildman–Crippen MR) is 125 cm³/mol. The van der Waals surface area contributed by atoms with Crippen LogP contribution in [0.5, 0.6) is 0 Å². The third-order valence-corrected chi connectivity index (χ3v) is 5.72. The molecule has 1 unspecified atom stereocenters. The molecule has 1 aromatic heterocycles. The summed E-state index contributed by atoms with van der Waals surface area (Å²) in [5.74, 6) is -2.82. The Morgan fingerprint density at radius 2 is 2.09 bits per heavy atom. The van der Waals surface area contributed by atoms with Crippen molar-refractivity contribution in [2.75, 3.05) is 30.8 Å². The minimum atomic E-state index is -1.11. The van der Waals surface area contributed by atoms with Crippen LogP contribution in [-0.4, -0.2) is 46.2 Å². The predicted octanol–water partition coefficient (Wildman–Crippen LogP) is 5.66. The van der Waals surface area contributed by atoms with E-state index in [1.54, 1.807) is 0 Å². The smallest absolute Gasteiger partial charge is 0.201 e. The zero-order valence-corrected chi connectivity index (χ0v) is 18.6. The van der Waals surface area contributed by atoms with Crippen molar-refractivity contribution in [3.05, 3.63) is 70.7 Å². The number of fused-ring (bicyclic) bond motifs is 1. The lowest BCUT2D eigenvalue weighted by molar-refractivity contribution is 0.260. The molecule has 1 aliphatic rings. The van der Waals surface area contributed by atoms with Gasteiger partial charge in [0, 0.05) is 29.9 Å². The van der Waals surface area contributed by atoms with Gasteiger partial charge >= 0.3 is 0 Å². The summed E-state index contributed by atoms with van der Waals surface area (Å²) in [6.45, 7) is 5.24. The van der Waals surface area contributed by atoms with Crippen LogP contribution in [0, 0.1) is 17.5 Å². The van der Waals surface area contributed by atoms with Gasteiger partial charge in [-0.3, -0.25) is 0 Å². The molecule has 10 heteroatoms. The molecular formula is C23H23ClF3N5O. The molecule has 33 heavy (non-hydrogen) atoms. The van der Waals surface area contributed by atoms with Gasteiger partial charge < -0.3 is 25.6 Å². The normalized spacial score (nSPS) is 17.4. The number of H-pyrrole nitrogens is 1. The summed E-state index contributed by atoms with van der Waals surface area (Å²) in [5, 5.41) is 15.9. The molecule has 3 aromatic rings. The van der Waals surface area contributed by atoms with Crippen LogP contribution in [0.3, 0.4) is 0 Å². The Morgan fingerprint density at radius 1 is 1.30 bits per heavy atom. The van der Waals surface area contributed by atoms with Gasteiger partial charge in [-0.05, 0) is 50.7 Å². The van der Waals surface area contributed by atoms with Crippen LogP contribution < -0.4 is 10.6 Å². The molecule has 1 aliphatic heterocycles. The number of imidazole rings is 1. The largest absolute Gasteiger partial charge is 0.509 e. The number of halogens is 4. The Morgan fingerprint density at radius 3 is 2.79 bits per heavy atom. The average molecular weight is 478 g/mol. The molecule has 1 atom stereocenters. The van der Waals surface area contributed by atoms with Crippen molar-refractivity contribution in [1.82, 2.24) is 14.9 Å². The summed E-state index contributed by atoms with van der Waals surface area (Å²) in [7, 11) is 2.02. The molecule has 0 aliphatic carbocycles. The Bertz CT molecular complexity index is 1240. The first kappa shape index (κ1) is 23.0. The Balaban J connectivity index is 1.76. The van der Waals surface area contributed by atoms with E-state index >= 15 is 0 Å². The zero-order chi connectivity index (χ0) is 23.7. The molecule has 0 bridgehead atoms. The number of nitrogens with zero attached hydrogens (tertiary/aromatic N) is 2. The van der Waals surface area contributed by atoms with E-state index in [1.165, 1.54) is 18.2 Å². The monoisotopic (exact) mass is 477 g/mol. The van der Waals surface area contributed by atoms with E-state index in [0.717, 1.165) is 38.1 Å². The summed E-state index contributed by atoms with van der Waals surface area (Å²) in [6, 6.07) is 5.01. The highest BCUT2D eigenvalue weighted by Crippen LogP contribution is 2.31. The molecule has 4 rings (SSSR count). The molecule has 1 saturated heterocycles. The maximum atomic E-state index is 14.6. The van der Waals surface area contributed by atoms with E-state index in [9.17, 15) is 18.3 Å². The van der Waals surface area contributed by atoms with Gasteiger partial charge in [-0.25, -0.2) is 18.2 Å². The van der Waals surface area contributed by atoms with Crippen LogP contribution in [0.25, 0.3) is 16.7 Å². The Hall–Kier alpha value is -3.17. The average Bonchev–Trinajstić information content (AvgIpc) is 3.16. The first-order chi connectivity index (χ1) is 15.7. The molecule has 174 valence electrons.